The Bertz CT molecular complexity index is 378. The van der Waals surface area contributed by atoms with Crippen molar-refractivity contribution in [3.05, 3.63) is 30.1 Å². The maximum Gasteiger partial charge on any atom is 0.394 e. The van der Waals surface area contributed by atoms with E-state index in [-0.39, 0.29) is 0 Å². The van der Waals surface area contributed by atoms with Gasteiger partial charge in [-0.1, -0.05) is 13.3 Å². The van der Waals surface area contributed by atoms with Crippen molar-refractivity contribution in [3.63, 3.8) is 0 Å². The topological polar surface area (TPSA) is 78.5 Å². The van der Waals surface area contributed by atoms with Gasteiger partial charge in [0.2, 0.25) is 0 Å². The molecule has 0 radical (unpaired) electrons. The van der Waals surface area contributed by atoms with Crippen LogP contribution in [0.3, 0.4) is 0 Å². The normalized spacial score (nSPS) is 10.5. The fraction of sp³-hybridized carbons (Fsp3) is 0.500. The van der Waals surface area contributed by atoms with Gasteiger partial charge in [-0.15, -0.1) is 0 Å². The van der Waals surface area contributed by atoms with Gasteiger partial charge in [-0.3, -0.25) is 9.11 Å². The van der Waals surface area contributed by atoms with E-state index in [1.165, 1.54) is 18.4 Å². The molecule has 1 heterocycles. The molecular weight excluding hydrogens is 230 g/mol. The average Bonchev–Trinajstić information content (AvgIpc) is 2.14. The lowest BCUT2D eigenvalue weighted by molar-refractivity contribution is -0.697. The Morgan fingerprint density at radius 2 is 1.69 bits per heavy atom. The molecule has 0 aliphatic heterocycles. The van der Waals surface area contributed by atoms with Gasteiger partial charge in [0.25, 0.3) is 0 Å². The molecule has 0 aliphatic carbocycles. The summed E-state index contributed by atoms with van der Waals surface area (Å²) in [5, 5.41) is 0. The molecule has 6 heteroatoms. The van der Waals surface area contributed by atoms with Gasteiger partial charge in [-0.25, -0.2) is 4.57 Å². The van der Waals surface area contributed by atoms with Gasteiger partial charge in [0.15, 0.2) is 12.4 Å². The first kappa shape index (κ1) is 15.0. The van der Waals surface area contributed by atoms with Crippen LogP contribution in [0, 0.1) is 6.92 Å². The number of aryl methyl sites for hydroxylation is 2. The van der Waals surface area contributed by atoms with Crippen LogP contribution in [-0.4, -0.2) is 17.5 Å². The first-order chi connectivity index (χ1) is 7.33. The Morgan fingerprint density at radius 3 is 2.06 bits per heavy atom. The van der Waals surface area contributed by atoms with Gasteiger partial charge in [-0.2, -0.15) is 8.42 Å². The summed E-state index contributed by atoms with van der Waals surface area (Å²) in [6.45, 7) is 5.48. The van der Waals surface area contributed by atoms with Gasteiger partial charge < -0.3 is 0 Å². The van der Waals surface area contributed by atoms with Crippen LogP contribution in [0.4, 0.5) is 0 Å². The van der Waals surface area contributed by atoms with Gasteiger partial charge in [-0.05, 0) is 12.5 Å². The number of hydrogen-bond acceptors (Lipinski definition) is 2. The monoisotopic (exact) mass is 248 g/mol. The van der Waals surface area contributed by atoms with Crippen molar-refractivity contribution in [3.8, 4) is 0 Å². The highest BCUT2D eigenvalue weighted by molar-refractivity contribution is 7.79. The van der Waals surface area contributed by atoms with Crippen LogP contribution in [0.1, 0.15) is 25.3 Å². The first-order valence-corrected chi connectivity index (χ1v) is 6.38. The molecule has 0 aromatic carbocycles. The minimum atomic E-state index is -4.67. The minimum absolute atomic E-state index is 1.15. The molecule has 0 unspecified atom stereocenters. The van der Waals surface area contributed by atoms with E-state index >= 15 is 0 Å². The third kappa shape index (κ3) is 11.1. The number of aromatic nitrogens is 1. The summed E-state index contributed by atoms with van der Waals surface area (Å²) in [5.74, 6) is 0. The zero-order valence-corrected chi connectivity index (χ0v) is 10.3. The number of hydrogen-bond donors (Lipinski definition) is 2. The molecule has 92 valence electrons. The summed E-state index contributed by atoms with van der Waals surface area (Å²) in [6, 6.07) is 4.30. The van der Waals surface area contributed by atoms with Gasteiger partial charge >= 0.3 is 10.4 Å². The Labute approximate surface area is 96.3 Å². The van der Waals surface area contributed by atoms with Crippen LogP contribution in [0.5, 0.6) is 0 Å². The molecule has 0 fully saturated rings. The quantitative estimate of drug-likeness (QED) is 0.626. The van der Waals surface area contributed by atoms with Crippen LogP contribution in [0.2, 0.25) is 0 Å². The van der Waals surface area contributed by atoms with Crippen LogP contribution >= 0.6 is 0 Å². The lowest BCUT2D eigenvalue weighted by Gasteiger charge is -1.94. The van der Waals surface area contributed by atoms with E-state index in [1.807, 2.05) is 0 Å². The average molecular weight is 248 g/mol. The second-order valence-corrected chi connectivity index (χ2v) is 4.31. The molecule has 0 saturated carbocycles. The summed E-state index contributed by atoms with van der Waals surface area (Å²) in [4.78, 5) is 0. The molecule has 0 atom stereocenters. The van der Waals surface area contributed by atoms with Crippen LogP contribution in [0.15, 0.2) is 24.5 Å². The summed E-state index contributed by atoms with van der Waals surface area (Å²) < 4.78 is 33.8. The largest absolute Gasteiger partial charge is 0.394 e. The van der Waals surface area contributed by atoms with E-state index in [0.29, 0.717) is 0 Å². The molecule has 5 nitrogen and oxygen atoms in total. The first-order valence-electron chi connectivity index (χ1n) is 4.98. The van der Waals surface area contributed by atoms with E-state index in [9.17, 15) is 0 Å². The Hall–Kier alpha value is -0.980. The predicted molar refractivity (Wildman–Crippen MR) is 60.5 cm³/mol. The maximum atomic E-state index is 8.74. The number of pyridine rings is 1. The van der Waals surface area contributed by atoms with Crippen molar-refractivity contribution >= 4 is 10.4 Å². The van der Waals surface area contributed by atoms with Gasteiger partial charge in [0, 0.05) is 18.6 Å². The third-order valence-corrected chi connectivity index (χ3v) is 1.83. The van der Waals surface area contributed by atoms with Crippen molar-refractivity contribution in [1.82, 2.24) is 0 Å². The van der Waals surface area contributed by atoms with E-state index in [2.05, 4.69) is 42.9 Å². The minimum Gasteiger partial charge on any atom is -0.264 e. The van der Waals surface area contributed by atoms with Crippen LogP contribution < -0.4 is 4.57 Å². The molecule has 0 bridgehead atoms. The van der Waals surface area contributed by atoms with E-state index < -0.39 is 10.4 Å². The van der Waals surface area contributed by atoms with Crippen LogP contribution in [-0.2, 0) is 16.9 Å². The Morgan fingerprint density at radius 1 is 1.25 bits per heavy atom. The smallest absolute Gasteiger partial charge is 0.264 e. The molecule has 0 aliphatic rings. The molecule has 16 heavy (non-hydrogen) atoms. The molecule has 1 aromatic heterocycles. The van der Waals surface area contributed by atoms with Crippen molar-refractivity contribution in [2.24, 2.45) is 0 Å². The van der Waals surface area contributed by atoms with Crippen LogP contribution in [0.25, 0.3) is 0 Å². The third-order valence-electron chi connectivity index (χ3n) is 1.83. The van der Waals surface area contributed by atoms with Gasteiger partial charge in [0.1, 0.15) is 6.54 Å². The summed E-state index contributed by atoms with van der Waals surface area (Å²) in [5.41, 5.74) is 1.33. The molecule has 1 aromatic rings. The predicted octanol–water partition coefficient (Wildman–Crippen LogP) is 1.43. The maximum absolute atomic E-state index is 8.74. The highest BCUT2D eigenvalue weighted by atomic mass is 32.3. The number of nitrogens with zero attached hydrogens (tertiary/aromatic N) is 1. The molecule has 1 rings (SSSR count). The summed E-state index contributed by atoms with van der Waals surface area (Å²) in [7, 11) is -4.67. The molecule has 0 spiro atoms. The highest BCUT2D eigenvalue weighted by Gasteiger charge is 1.95. The second kappa shape index (κ2) is 7.32. The summed E-state index contributed by atoms with van der Waals surface area (Å²) in [6.07, 6.45) is 6.82. The Balaban J connectivity index is 0.000000385. The molecule has 0 amide bonds. The molecule has 2 N–H and O–H groups in total. The Kier molecular flexibility index (Phi) is 6.87. The van der Waals surface area contributed by atoms with Crippen molar-refractivity contribution in [2.45, 2.75) is 33.2 Å². The number of unbranched alkanes of at least 4 members (excludes halogenated alkanes) is 1. The molecular formula is C10H18NO4S+. The van der Waals surface area contributed by atoms with E-state index in [4.69, 9.17) is 17.5 Å². The van der Waals surface area contributed by atoms with Crippen molar-refractivity contribution in [1.29, 1.82) is 0 Å². The highest BCUT2D eigenvalue weighted by Crippen LogP contribution is 1.91. The fourth-order valence-electron chi connectivity index (χ4n) is 1.02. The zero-order chi connectivity index (χ0) is 12.6. The lowest BCUT2D eigenvalue weighted by Crippen LogP contribution is -2.32. The van der Waals surface area contributed by atoms with Crippen molar-refractivity contribution in [2.75, 3.05) is 0 Å². The van der Waals surface area contributed by atoms with E-state index in [1.54, 1.807) is 0 Å². The van der Waals surface area contributed by atoms with Crippen molar-refractivity contribution < 1.29 is 22.1 Å². The van der Waals surface area contributed by atoms with E-state index in [0.717, 1.165) is 6.54 Å². The number of rotatable bonds is 3. The SMILES string of the molecule is CCCC[n+]1ccc(C)cc1.O=S(=O)(O)O. The zero-order valence-electron chi connectivity index (χ0n) is 9.50. The standard InChI is InChI=1S/C10H16N.H2O4S/c1-3-4-7-11-8-5-10(2)6-9-11;1-5(2,3)4/h5-6,8-9H,3-4,7H2,1-2H3;(H2,1,2,3,4)/q+1;. The second-order valence-electron chi connectivity index (χ2n) is 3.41. The fourth-order valence-corrected chi connectivity index (χ4v) is 1.02. The lowest BCUT2D eigenvalue weighted by atomic mass is 10.3. The van der Waals surface area contributed by atoms with Gasteiger partial charge in [0.05, 0.1) is 0 Å². The molecule has 0 saturated heterocycles. The summed E-state index contributed by atoms with van der Waals surface area (Å²) >= 11 is 0.